The first kappa shape index (κ1) is 22.1. The van der Waals surface area contributed by atoms with Gasteiger partial charge in [0.15, 0.2) is 5.65 Å². The van der Waals surface area contributed by atoms with Crippen LogP contribution in [0.25, 0.3) is 5.65 Å². The SMILES string of the molecule is Cc1cccc(C)c1CNc1c(N(S(C)(=O)=O)S(C)(=O)=O)ccn2c(C)c(C)nc12. The lowest BCUT2D eigenvalue weighted by atomic mass is 10.0. The predicted molar refractivity (Wildman–Crippen MR) is 120 cm³/mol. The van der Waals surface area contributed by atoms with Crippen molar-refractivity contribution in [2.24, 2.45) is 0 Å². The summed E-state index contributed by atoms with van der Waals surface area (Å²) in [5.74, 6) is 0. The molecule has 2 aromatic heterocycles. The number of anilines is 2. The zero-order valence-corrected chi connectivity index (χ0v) is 19.5. The standard InChI is InChI=1S/C20H26N4O4S2/c1-13-8-7-9-14(2)17(13)12-21-19-18(24(29(5,25)26)30(6,27)28)10-11-23-16(4)15(3)22-20(19)23/h7-11,21H,12H2,1-6H3. The van der Waals surface area contributed by atoms with E-state index in [1.54, 1.807) is 6.20 Å². The Bertz CT molecular complexity index is 1290. The van der Waals surface area contributed by atoms with E-state index in [4.69, 9.17) is 0 Å². The second-order valence-corrected chi connectivity index (χ2v) is 11.4. The fraction of sp³-hybridized carbons (Fsp3) is 0.350. The summed E-state index contributed by atoms with van der Waals surface area (Å²) in [4.78, 5) is 4.56. The number of imidazole rings is 1. The average Bonchev–Trinajstić information content (AvgIpc) is 2.88. The fourth-order valence-electron chi connectivity index (χ4n) is 3.56. The molecule has 3 rings (SSSR count). The van der Waals surface area contributed by atoms with Gasteiger partial charge in [0.1, 0.15) is 5.69 Å². The highest BCUT2D eigenvalue weighted by Gasteiger charge is 2.31. The molecule has 2 heterocycles. The minimum atomic E-state index is -4.10. The molecular weight excluding hydrogens is 424 g/mol. The van der Waals surface area contributed by atoms with Crippen molar-refractivity contribution in [1.29, 1.82) is 0 Å². The van der Waals surface area contributed by atoms with E-state index in [0.29, 0.717) is 21.6 Å². The van der Waals surface area contributed by atoms with Crippen LogP contribution in [0.4, 0.5) is 11.4 Å². The zero-order chi connectivity index (χ0) is 22.4. The topological polar surface area (TPSA) is 101 Å². The number of sulfonamides is 2. The van der Waals surface area contributed by atoms with E-state index in [-0.39, 0.29) is 5.69 Å². The molecule has 0 aliphatic carbocycles. The predicted octanol–water partition coefficient (Wildman–Crippen LogP) is 2.91. The van der Waals surface area contributed by atoms with Crippen molar-refractivity contribution >= 4 is 37.1 Å². The summed E-state index contributed by atoms with van der Waals surface area (Å²) in [6.45, 7) is 8.12. The smallest absolute Gasteiger partial charge is 0.245 e. The second kappa shape index (κ2) is 7.59. The fourth-order valence-corrected chi connectivity index (χ4v) is 6.54. The summed E-state index contributed by atoms with van der Waals surface area (Å²) >= 11 is 0. The van der Waals surface area contributed by atoms with Crippen molar-refractivity contribution in [1.82, 2.24) is 9.38 Å². The molecule has 0 saturated carbocycles. The largest absolute Gasteiger partial charge is 0.376 e. The summed E-state index contributed by atoms with van der Waals surface area (Å²) in [5, 5.41) is 3.27. The van der Waals surface area contributed by atoms with Crippen molar-refractivity contribution in [2.45, 2.75) is 34.2 Å². The third-order valence-corrected chi connectivity index (χ3v) is 8.36. The van der Waals surface area contributed by atoms with Gasteiger partial charge in [0.25, 0.3) is 0 Å². The van der Waals surface area contributed by atoms with Crippen LogP contribution in [0, 0.1) is 27.7 Å². The van der Waals surface area contributed by atoms with E-state index in [1.165, 1.54) is 6.07 Å². The van der Waals surface area contributed by atoms with Gasteiger partial charge in [0.2, 0.25) is 20.0 Å². The molecule has 0 amide bonds. The van der Waals surface area contributed by atoms with Crippen molar-refractivity contribution in [3.05, 3.63) is 58.5 Å². The number of benzene rings is 1. The van der Waals surface area contributed by atoms with Gasteiger partial charge in [0, 0.05) is 18.4 Å². The van der Waals surface area contributed by atoms with Gasteiger partial charge < -0.3 is 9.72 Å². The molecule has 30 heavy (non-hydrogen) atoms. The van der Waals surface area contributed by atoms with Gasteiger partial charge in [-0.25, -0.2) is 21.8 Å². The molecule has 0 saturated heterocycles. The lowest BCUT2D eigenvalue weighted by molar-refractivity contribution is 0.590. The molecule has 0 spiro atoms. The van der Waals surface area contributed by atoms with Crippen molar-refractivity contribution in [3.8, 4) is 0 Å². The number of nitrogens with zero attached hydrogens (tertiary/aromatic N) is 3. The molecule has 10 heteroatoms. The van der Waals surface area contributed by atoms with Crippen LogP contribution in [-0.4, -0.2) is 38.7 Å². The summed E-state index contributed by atoms with van der Waals surface area (Å²) in [7, 11) is -8.20. The van der Waals surface area contributed by atoms with E-state index in [0.717, 1.165) is 40.6 Å². The van der Waals surface area contributed by atoms with E-state index in [2.05, 4.69) is 10.3 Å². The van der Waals surface area contributed by atoms with Crippen molar-refractivity contribution < 1.29 is 16.8 Å². The van der Waals surface area contributed by atoms with E-state index >= 15 is 0 Å². The number of aryl methyl sites for hydroxylation is 4. The van der Waals surface area contributed by atoms with Crippen LogP contribution in [0.1, 0.15) is 28.1 Å². The number of nitrogens with one attached hydrogen (secondary N) is 1. The highest BCUT2D eigenvalue weighted by atomic mass is 32.3. The Kier molecular flexibility index (Phi) is 5.59. The maximum Gasteiger partial charge on any atom is 0.245 e. The normalized spacial score (nSPS) is 12.3. The summed E-state index contributed by atoms with van der Waals surface area (Å²) < 4.78 is 51.9. The molecule has 0 aliphatic rings. The van der Waals surface area contributed by atoms with Crippen LogP contribution in [0.5, 0.6) is 0 Å². The summed E-state index contributed by atoms with van der Waals surface area (Å²) in [5.41, 5.74) is 5.69. The molecule has 0 aliphatic heterocycles. The molecule has 1 aromatic carbocycles. The first-order valence-electron chi connectivity index (χ1n) is 9.30. The number of hydrogen-bond acceptors (Lipinski definition) is 6. The van der Waals surface area contributed by atoms with E-state index in [9.17, 15) is 16.8 Å². The maximum atomic E-state index is 12.4. The van der Waals surface area contributed by atoms with Crippen LogP contribution < -0.4 is 9.03 Å². The monoisotopic (exact) mass is 450 g/mol. The number of aromatic nitrogens is 2. The zero-order valence-electron chi connectivity index (χ0n) is 17.9. The van der Waals surface area contributed by atoms with Crippen LogP contribution >= 0.6 is 0 Å². The van der Waals surface area contributed by atoms with Crippen LogP contribution in [0.2, 0.25) is 0 Å². The Labute approximate surface area is 177 Å². The number of pyridine rings is 1. The van der Waals surface area contributed by atoms with Crippen LogP contribution in [-0.2, 0) is 26.6 Å². The third kappa shape index (κ3) is 4.01. The van der Waals surface area contributed by atoms with Crippen molar-refractivity contribution in [3.63, 3.8) is 0 Å². The highest BCUT2D eigenvalue weighted by Crippen LogP contribution is 2.35. The van der Waals surface area contributed by atoms with Gasteiger partial charge in [-0.05, 0) is 50.5 Å². The molecule has 0 atom stereocenters. The third-order valence-electron chi connectivity index (χ3n) is 5.13. The lowest BCUT2D eigenvalue weighted by Gasteiger charge is -2.24. The molecule has 162 valence electrons. The molecular formula is C20H26N4O4S2. The number of fused-ring (bicyclic) bond motifs is 1. The molecule has 1 N–H and O–H groups in total. The van der Waals surface area contributed by atoms with Gasteiger partial charge in [-0.1, -0.05) is 18.2 Å². The van der Waals surface area contributed by atoms with Crippen LogP contribution in [0.3, 0.4) is 0 Å². The Morgan fingerprint density at radius 1 is 0.967 bits per heavy atom. The molecule has 3 aromatic rings. The Hall–Kier alpha value is -2.59. The van der Waals surface area contributed by atoms with Crippen molar-refractivity contribution in [2.75, 3.05) is 21.5 Å². The maximum absolute atomic E-state index is 12.4. The van der Waals surface area contributed by atoms with E-state index in [1.807, 2.05) is 50.3 Å². The molecule has 0 unspecified atom stereocenters. The van der Waals surface area contributed by atoms with Gasteiger partial charge in [-0.3, -0.25) is 0 Å². The number of rotatable bonds is 6. The summed E-state index contributed by atoms with van der Waals surface area (Å²) in [6.07, 6.45) is 3.37. The molecule has 8 nitrogen and oxygen atoms in total. The first-order valence-corrected chi connectivity index (χ1v) is 13.0. The minimum absolute atomic E-state index is 0.0173. The molecule has 0 bridgehead atoms. The Morgan fingerprint density at radius 2 is 1.53 bits per heavy atom. The Balaban J connectivity index is 2.26. The van der Waals surface area contributed by atoms with Gasteiger partial charge in [-0.2, -0.15) is 3.71 Å². The molecule has 0 radical (unpaired) electrons. The quantitative estimate of drug-likeness (QED) is 0.620. The van der Waals surface area contributed by atoms with Gasteiger partial charge >= 0.3 is 0 Å². The second-order valence-electron chi connectivity index (χ2n) is 7.50. The van der Waals surface area contributed by atoms with Gasteiger partial charge in [-0.15, -0.1) is 0 Å². The number of hydrogen-bond donors (Lipinski definition) is 1. The average molecular weight is 451 g/mol. The van der Waals surface area contributed by atoms with Crippen LogP contribution in [0.15, 0.2) is 30.5 Å². The van der Waals surface area contributed by atoms with E-state index < -0.39 is 20.0 Å². The highest BCUT2D eigenvalue weighted by molar-refractivity contribution is 8.09. The Morgan fingerprint density at radius 3 is 2.07 bits per heavy atom. The first-order chi connectivity index (χ1) is 13.8. The minimum Gasteiger partial charge on any atom is -0.376 e. The lowest BCUT2D eigenvalue weighted by Crippen LogP contribution is -2.36. The summed E-state index contributed by atoms with van der Waals surface area (Å²) in [6, 6.07) is 7.44. The van der Waals surface area contributed by atoms with Gasteiger partial charge in [0.05, 0.1) is 23.9 Å². The molecule has 0 fully saturated rings.